The van der Waals surface area contributed by atoms with Gasteiger partial charge in [0.1, 0.15) is 23.7 Å². The third-order valence-corrected chi connectivity index (χ3v) is 2.93. The van der Waals surface area contributed by atoms with Gasteiger partial charge in [-0.2, -0.15) is 0 Å². The zero-order valence-corrected chi connectivity index (χ0v) is 9.69. The van der Waals surface area contributed by atoms with E-state index in [0.29, 0.717) is 5.69 Å². The second-order valence-electron chi connectivity index (χ2n) is 4.03. The van der Waals surface area contributed by atoms with Crippen LogP contribution in [0.5, 0.6) is 0 Å². The summed E-state index contributed by atoms with van der Waals surface area (Å²) in [4.78, 5) is 24.5. The Bertz CT molecular complexity index is 466. The van der Waals surface area contributed by atoms with Crippen molar-refractivity contribution in [3.63, 3.8) is 0 Å². The number of furan rings is 1. The van der Waals surface area contributed by atoms with Gasteiger partial charge in [-0.15, -0.1) is 0 Å². The molecule has 0 saturated heterocycles. The van der Waals surface area contributed by atoms with Gasteiger partial charge in [-0.05, 0) is 6.42 Å². The van der Waals surface area contributed by atoms with Crippen LogP contribution in [0.4, 0.5) is 11.4 Å². The number of aromatic carboxylic acids is 1. The maximum atomic E-state index is 11.8. The number of hydrogen-bond donors (Lipinski definition) is 2. The van der Waals surface area contributed by atoms with Gasteiger partial charge in [-0.25, -0.2) is 4.79 Å². The molecule has 17 heavy (non-hydrogen) atoms. The quantitative estimate of drug-likeness (QED) is 0.834. The highest BCUT2D eigenvalue weighted by atomic mass is 16.4. The van der Waals surface area contributed by atoms with Crippen LogP contribution in [-0.2, 0) is 4.79 Å². The highest BCUT2D eigenvalue weighted by molar-refractivity contribution is 6.08. The number of carboxylic acid groups (broad SMARTS) is 1. The van der Waals surface area contributed by atoms with Crippen LogP contribution < -0.4 is 10.2 Å². The lowest BCUT2D eigenvalue weighted by Gasteiger charge is -2.32. The van der Waals surface area contributed by atoms with Crippen LogP contribution in [0.3, 0.4) is 0 Å². The van der Waals surface area contributed by atoms with Crippen molar-refractivity contribution in [3.8, 4) is 0 Å². The third-order valence-electron chi connectivity index (χ3n) is 2.93. The summed E-state index contributed by atoms with van der Waals surface area (Å²) >= 11 is 0. The molecule has 6 nitrogen and oxygen atoms in total. The van der Waals surface area contributed by atoms with Gasteiger partial charge in [0.15, 0.2) is 0 Å². The summed E-state index contributed by atoms with van der Waals surface area (Å²) in [5.41, 5.74) is 0.859. The molecule has 1 amide bonds. The Kier molecular flexibility index (Phi) is 2.79. The van der Waals surface area contributed by atoms with Crippen LogP contribution in [0.15, 0.2) is 10.7 Å². The van der Waals surface area contributed by atoms with Gasteiger partial charge < -0.3 is 19.7 Å². The molecule has 1 unspecified atom stereocenters. The summed E-state index contributed by atoms with van der Waals surface area (Å²) in [6, 6.07) is -0.272. The lowest BCUT2D eigenvalue weighted by molar-refractivity contribution is -0.117. The Morgan fingerprint density at radius 2 is 2.35 bits per heavy atom. The Morgan fingerprint density at radius 3 is 2.94 bits per heavy atom. The van der Waals surface area contributed by atoms with Gasteiger partial charge in [0.2, 0.25) is 11.7 Å². The van der Waals surface area contributed by atoms with E-state index in [1.165, 1.54) is 6.26 Å². The molecule has 2 rings (SSSR count). The molecule has 0 bridgehead atoms. The van der Waals surface area contributed by atoms with E-state index in [1.807, 2.05) is 6.92 Å². The molecule has 2 N–H and O–H groups in total. The van der Waals surface area contributed by atoms with E-state index in [1.54, 1.807) is 11.9 Å². The second kappa shape index (κ2) is 4.12. The van der Waals surface area contributed by atoms with Gasteiger partial charge in [-0.3, -0.25) is 4.79 Å². The summed E-state index contributed by atoms with van der Waals surface area (Å²) in [6.07, 6.45) is 2.96. The van der Waals surface area contributed by atoms with E-state index in [2.05, 4.69) is 5.32 Å². The Labute approximate surface area is 98.2 Å². The first kappa shape index (κ1) is 11.5. The fourth-order valence-electron chi connectivity index (χ4n) is 2.03. The van der Waals surface area contributed by atoms with Gasteiger partial charge in [-0.1, -0.05) is 13.3 Å². The summed E-state index contributed by atoms with van der Waals surface area (Å²) in [7, 11) is 1.76. The fourth-order valence-corrected chi connectivity index (χ4v) is 2.03. The number of carbonyl (C=O) groups is 2. The summed E-state index contributed by atoms with van der Waals surface area (Å²) in [6.45, 7) is 1.99. The number of anilines is 2. The average Bonchev–Trinajstić information content (AvgIpc) is 2.68. The lowest BCUT2D eigenvalue weighted by atomic mass is 10.1. The number of carboxylic acids is 1. The van der Waals surface area contributed by atoms with Crippen molar-refractivity contribution < 1.29 is 19.1 Å². The van der Waals surface area contributed by atoms with Gasteiger partial charge in [0.25, 0.3) is 0 Å². The fraction of sp³-hybridized carbons (Fsp3) is 0.455. The number of carbonyl (C=O) groups excluding carboxylic acids is 1. The number of likely N-dealkylation sites (N-methyl/N-ethyl adjacent to an activating group) is 1. The zero-order chi connectivity index (χ0) is 12.6. The monoisotopic (exact) mass is 238 g/mol. The van der Waals surface area contributed by atoms with E-state index in [4.69, 9.17) is 9.52 Å². The molecular formula is C11H14N2O4. The molecule has 0 radical (unpaired) electrons. The summed E-state index contributed by atoms with van der Waals surface area (Å²) < 4.78 is 4.97. The van der Waals surface area contributed by atoms with Crippen molar-refractivity contribution in [2.75, 3.05) is 17.3 Å². The lowest BCUT2D eigenvalue weighted by Crippen LogP contribution is -2.45. The smallest absolute Gasteiger partial charge is 0.374 e. The van der Waals surface area contributed by atoms with Crippen molar-refractivity contribution in [1.82, 2.24) is 0 Å². The normalized spacial score (nSPS) is 18.8. The molecule has 1 aliphatic heterocycles. The van der Waals surface area contributed by atoms with E-state index in [9.17, 15) is 9.59 Å². The number of hydrogen-bond acceptors (Lipinski definition) is 4. The number of nitrogens with zero attached hydrogens (tertiary/aromatic N) is 1. The first-order valence-corrected chi connectivity index (χ1v) is 5.44. The maximum absolute atomic E-state index is 11.8. The topological polar surface area (TPSA) is 82.8 Å². The predicted octanol–water partition coefficient (Wildman–Crippen LogP) is 1.53. The van der Waals surface area contributed by atoms with Gasteiger partial charge in [0, 0.05) is 7.05 Å². The number of amides is 1. The number of nitrogens with one attached hydrogen (secondary N) is 1. The number of rotatable bonds is 3. The molecular weight excluding hydrogens is 224 g/mol. The third kappa shape index (κ3) is 1.75. The largest absolute Gasteiger partial charge is 0.475 e. The molecule has 2 heterocycles. The minimum Gasteiger partial charge on any atom is -0.475 e. The summed E-state index contributed by atoms with van der Waals surface area (Å²) in [5, 5.41) is 11.5. The summed E-state index contributed by atoms with van der Waals surface area (Å²) in [5.74, 6) is -1.60. The van der Waals surface area contributed by atoms with E-state index < -0.39 is 5.97 Å². The van der Waals surface area contributed by atoms with Crippen molar-refractivity contribution in [2.24, 2.45) is 0 Å². The molecule has 0 aromatic carbocycles. The minimum atomic E-state index is -1.19. The highest BCUT2D eigenvalue weighted by Gasteiger charge is 2.34. The maximum Gasteiger partial charge on any atom is 0.374 e. The molecule has 6 heteroatoms. The molecule has 1 atom stereocenters. The predicted molar refractivity (Wildman–Crippen MR) is 61.4 cm³/mol. The van der Waals surface area contributed by atoms with Crippen LogP contribution in [0, 0.1) is 0 Å². The Hall–Kier alpha value is -1.98. The molecule has 0 spiro atoms. The van der Waals surface area contributed by atoms with E-state index >= 15 is 0 Å². The molecule has 0 aliphatic carbocycles. The van der Waals surface area contributed by atoms with Gasteiger partial charge >= 0.3 is 5.97 Å². The average molecular weight is 238 g/mol. The van der Waals surface area contributed by atoms with E-state index in [0.717, 1.165) is 12.8 Å². The molecule has 1 aliphatic rings. The molecule has 0 saturated carbocycles. The van der Waals surface area contributed by atoms with Crippen molar-refractivity contribution in [3.05, 3.63) is 12.0 Å². The SMILES string of the molecule is CCCC1C(=O)Nc2c(coc2C(=O)O)N1C. The van der Waals surface area contributed by atoms with Crippen LogP contribution >= 0.6 is 0 Å². The number of fused-ring (bicyclic) bond motifs is 1. The Balaban J connectivity index is 2.40. The first-order chi connectivity index (χ1) is 8.06. The molecule has 1 aromatic heterocycles. The van der Waals surface area contributed by atoms with Crippen LogP contribution in [0.1, 0.15) is 30.3 Å². The van der Waals surface area contributed by atoms with Crippen molar-refractivity contribution in [1.29, 1.82) is 0 Å². The zero-order valence-electron chi connectivity index (χ0n) is 9.69. The van der Waals surface area contributed by atoms with Crippen LogP contribution in [-0.4, -0.2) is 30.1 Å². The van der Waals surface area contributed by atoms with Crippen LogP contribution in [0.25, 0.3) is 0 Å². The highest BCUT2D eigenvalue weighted by Crippen LogP contribution is 2.36. The van der Waals surface area contributed by atoms with E-state index in [-0.39, 0.29) is 23.4 Å². The van der Waals surface area contributed by atoms with Crippen molar-refractivity contribution in [2.45, 2.75) is 25.8 Å². The van der Waals surface area contributed by atoms with Gasteiger partial charge in [0.05, 0.1) is 0 Å². The molecule has 0 fully saturated rings. The van der Waals surface area contributed by atoms with Crippen molar-refractivity contribution >= 4 is 23.3 Å². The second-order valence-corrected chi connectivity index (χ2v) is 4.03. The van der Waals surface area contributed by atoms with Crippen LogP contribution in [0.2, 0.25) is 0 Å². The molecule has 1 aromatic rings. The Morgan fingerprint density at radius 1 is 1.65 bits per heavy atom. The first-order valence-electron chi connectivity index (χ1n) is 5.44. The standard InChI is InChI=1S/C11H14N2O4/c1-3-4-6-10(14)12-8-7(13(6)2)5-17-9(8)11(15)16/h5-6H,3-4H2,1-2H3,(H,12,14)(H,15,16). The molecule has 92 valence electrons. The minimum absolute atomic E-state index is 0.189.